The maximum absolute atomic E-state index is 13.7. The summed E-state index contributed by atoms with van der Waals surface area (Å²) >= 11 is 0. The predicted molar refractivity (Wildman–Crippen MR) is 97.5 cm³/mol. The SMILES string of the molecule is Fc1ccccc1CCCN1CCN2CC=C(c3ccncc3)N=C21. The largest absolute Gasteiger partial charge is 0.341 e. The lowest BCUT2D eigenvalue weighted by molar-refractivity contribution is 0.447. The summed E-state index contributed by atoms with van der Waals surface area (Å²) in [5.74, 6) is 0.936. The molecule has 1 fully saturated rings. The second-order valence-electron chi connectivity index (χ2n) is 6.37. The van der Waals surface area contributed by atoms with Gasteiger partial charge in [-0.2, -0.15) is 0 Å². The number of rotatable bonds is 5. The van der Waals surface area contributed by atoms with Crippen LogP contribution in [0.1, 0.15) is 17.5 Å². The van der Waals surface area contributed by atoms with Crippen molar-refractivity contribution in [1.29, 1.82) is 0 Å². The van der Waals surface area contributed by atoms with E-state index in [0.29, 0.717) is 0 Å². The second-order valence-corrected chi connectivity index (χ2v) is 6.37. The second kappa shape index (κ2) is 7.05. The van der Waals surface area contributed by atoms with Crippen molar-refractivity contribution in [2.75, 3.05) is 26.2 Å². The fourth-order valence-electron chi connectivity index (χ4n) is 3.38. The number of fused-ring (bicyclic) bond motifs is 1. The fraction of sp³-hybridized carbons (Fsp3) is 0.300. The zero-order chi connectivity index (χ0) is 17.1. The van der Waals surface area contributed by atoms with E-state index in [9.17, 15) is 4.39 Å². The van der Waals surface area contributed by atoms with E-state index in [1.54, 1.807) is 18.5 Å². The van der Waals surface area contributed by atoms with Gasteiger partial charge in [0, 0.05) is 44.1 Å². The van der Waals surface area contributed by atoms with Gasteiger partial charge in [0.2, 0.25) is 5.96 Å². The molecule has 0 unspecified atom stereocenters. The van der Waals surface area contributed by atoms with Gasteiger partial charge in [0.1, 0.15) is 5.82 Å². The van der Waals surface area contributed by atoms with Gasteiger partial charge in [0.05, 0.1) is 5.70 Å². The number of benzene rings is 1. The molecule has 0 aliphatic carbocycles. The van der Waals surface area contributed by atoms with Gasteiger partial charge >= 0.3 is 0 Å². The van der Waals surface area contributed by atoms with Crippen LogP contribution in [-0.4, -0.2) is 46.9 Å². The number of aromatic nitrogens is 1. The van der Waals surface area contributed by atoms with E-state index in [1.165, 1.54) is 6.07 Å². The molecule has 2 aromatic rings. The molecule has 0 N–H and O–H groups in total. The number of pyridine rings is 1. The Bertz CT molecular complexity index is 800. The van der Waals surface area contributed by atoms with Crippen molar-refractivity contribution >= 4 is 11.7 Å². The smallest absolute Gasteiger partial charge is 0.202 e. The van der Waals surface area contributed by atoms with Crippen molar-refractivity contribution in [1.82, 2.24) is 14.8 Å². The molecule has 0 radical (unpaired) electrons. The van der Waals surface area contributed by atoms with Gasteiger partial charge in [-0.1, -0.05) is 18.2 Å². The summed E-state index contributed by atoms with van der Waals surface area (Å²) in [6.45, 7) is 3.76. The summed E-state index contributed by atoms with van der Waals surface area (Å²) in [6, 6.07) is 11.0. The summed E-state index contributed by atoms with van der Waals surface area (Å²) in [4.78, 5) is 13.6. The first-order valence-electron chi connectivity index (χ1n) is 8.74. The van der Waals surface area contributed by atoms with E-state index in [4.69, 9.17) is 4.99 Å². The summed E-state index contributed by atoms with van der Waals surface area (Å²) in [5.41, 5.74) is 2.90. The first-order chi connectivity index (χ1) is 12.3. The lowest BCUT2D eigenvalue weighted by Crippen LogP contribution is -2.36. The summed E-state index contributed by atoms with van der Waals surface area (Å²) in [7, 11) is 0. The number of hydrogen-bond acceptors (Lipinski definition) is 4. The van der Waals surface area contributed by atoms with Crippen molar-refractivity contribution in [2.45, 2.75) is 12.8 Å². The predicted octanol–water partition coefficient (Wildman–Crippen LogP) is 3.18. The quantitative estimate of drug-likeness (QED) is 0.840. The molecule has 0 atom stereocenters. The monoisotopic (exact) mass is 336 g/mol. The minimum Gasteiger partial charge on any atom is -0.341 e. The molecule has 1 saturated heterocycles. The molecule has 128 valence electrons. The highest BCUT2D eigenvalue weighted by Gasteiger charge is 2.28. The molecule has 4 rings (SSSR count). The van der Waals surface area contributed by atoms with E-state index < -0.39 is 0 Å². The number of hydrogen-bond donors (Lipinski definition) is 0. The molecule has 5 heteroatoms. The Hall–Kier alpha value is -2.69. The third-order valence-electron chi connectivity index (χ3n) is 4.74. The Balaban J connectivity index is 1.42. The van der Waals surface area contributed by atoms with Crippen LogP contribution in [-0.2, 0) is 6.42 Å². The molecule has 0 saturated carbocycles. The molecule has 1 aromatic heterocycles. The molecular weight excluding hydrogens is 315 g/mol. The molecule has 2 aliphatic heterocycles. The minimum atomic E-state index is -0.108. The van der Waals surface area contributed by atoms with Gasteiger partial charge in [-0.25, -0.2) is 9.38 Å². The Morgan fingerprint density at radius 3 is 2.72 bits per heavy atom. The lowest BCUT2D eigenvalue weighted by Gasteiger charge is -2.26. The van der Waals surface area contributed by atoms with Crippen LogP contribution >= 0.6 is 0 Å². The zero-order valence-electron chi connectivity index (χ0n) is 14.1. The van der Waals surface area contributed by atoms with Crippen molar-refractivity contribution < 1.29 is 4.39 Å². The molecule has 25 heavy (non-hydrogen) atoms. The average Bonchev–Trinajstić information content (AvgIpc) is 3.06. The number of aryl methyl sites for hydroxylation is 1. The normalized spacial score (nSPS) is 16.5. The van der Waals surface area contributed by atoms with Gasteiger partial charge in [0.25, 0.3) is 0 Å². The summed E-state index contributed by atoms with van der Waals surface area (Å²) < 4.78 is 13.7. The maximum Gasteiger partial charge on any atom is 0.202 e. The molecule has 0 bridgehead atoms. The topological polar surface area (TPSA) is 31.7 Å². The van der Waals surface area contributed by atoms with Crippen molar-refractivity contribution in [3.05, 3.63) is 71.8 Å². The third-order valence-corrected chi connectivity index (χ3v) is 4.74. The Morgan fingerprint density at radius 2 is 1.88 bits per heavy atom. The molecule has 3 heterocycles. The highest BCUT2D eigenvalue weighted by Crippen LogP contribution is 2.23. The Labute approximate surface area is 147 Å². The summed E-state index contributed by atoms with van der Waals surface area (Å²) in [6.07, 6.45) is 7.43. The fourth-order valence-corrected chi connectivity index (χ4v) is 3.38. The molecule has 2 aliphatic rings. The van der Waals surface area contributed by atoms with Crippen LogP contribution in [0.25, 0.3) is 5.70 Å². The van der Waals surface area contributed by atoms with Crippen LogP contribution in [0.2, 0.25) is 0 Å². The number of halogens is 1. The van der Waals surface area contributed by atoms with Gasteiger partial charge in [-0.3, -0.25) is 4.98 Å². The Kier molecular flexibility index (Phi) is 4.46. The molecule has 4 nitrogen and oxygen atoms in total. The van der Waals surface area contributed by atoms with Crippen molar-refractivity contribution in [2.24, 2.45) is 4.99 Å². The van der Waals surface area contributed by atoms with Crippen LogP contribution in [0.4, 0.5) is 4.39 Å². The molecule has 0 amide bonds. The minimum absolute atomic E-state index is 0.108. The molecule has 0 spiro atoms. The number of aliphatic imine (C=N–C) groups is 1. The van der Waals surface area contributed by atoms with E-state index in [1.807, 2.05) is 24.3 Å². The van der Waals surface area contributed by atoms with Crippen LogP contribution in [0.5, 0.6) is 0 Å². The van der Waals surface area contributed by atoms with E-state index in [-0.39, 0.29) is 5.82 Å². The van der Waals surface area contributed by atoms with Gasteiger partial charge < -0.3 is 9.80 Å². The molecule has 1 aromatic carbocycles. The van der Waals surface area contributed by atoms with Gasteiger partial charge in [0.15, 0.2) is 0 Å². The average molecular weight is 336 g/mol. The maximum atomic E-state index is 13.7. The first-order valence-corrected chi connectivity index (χ1v) is 8.74. The van der Waals surface area contributed by atoms with Crippen LogP contribution in [0, 0.1) is 5.82 Å². The zero-order valence-corrected chi connectivity index (χ0v) is 14.1. The van der Waals surface area contributed by atoms with Crippen LogP contribution in [0.3, 0.4) is 0 Å². The van der Waals surface area contributed by atoms with Crippen LogP contribution in [0.15, 0.2) is 59.9 Å². The van der Waals surface area contributed by atoms with E-state index >= 15 is 0 Å². The highest BCUT2D eigenvalue weighted by atomic mass is 19.1. The van der Waals surface area contributed by atoms with Gasteiger partial charge in [-0.15, -0.1) is 0 Å². The number of nitrogens with zero attached hydrogens (tertiary/aromatic N) is 4. The standard InChI is InChI=1S/C20H21FN4/c21-18-6-2-1-4-16(18)5-3-12-24-14-15-25-13-9-19(23-20(24)25)17-7-10-22-11-8-17/h1-2,4,6-11H,3,5,12-15H2. The van der Waals surface area contributed by atoms with E-state index in [2.05, 4.69) is 20.9 Å². The highest BCUT2D eigenvalue weighted by molar-refractivity contribution is 5.89. The lowest BCUT2D eigenvalue weighted by atomic mass is 10.1. The van der Waals surface area contributed by atoms with Crippen molar-refractivity contribution in [3.8, 4) is 0 Å². The van der Waals surface area contributed by atoms with Crippen molar-refractivity contribution in [3.63, 3.8) is 0 Å². The first kappa shape index (κ1) is 15.8. The summed E-state index contributed by atoms with van der Waals surface area (Å²) in [5, 5.41) is 0. The number of guanidine groups is 1. The van der Waals surface area contributed by atoms with Crippen LogP contribution < -0.4 is 0 Å². The Morgan fingerprint density at radius 1 is 1.04 bits per heavy atom. The third kappa shape index (κ3) is 3.40. The van der Waals surface area contributed by atoms with E-state index in [0.717, 1.165) is 61.8 Å². The molecular formula is C20H21FN4. The van der Waals surface area contributed by atoms with Gasteiger partial charge in [-0.05, 0) is 42.7 Å².